The summed E-state index contributed by atoms with van der Waals surface area (Å²) in [5.41, 5.74) is 0. The Bertz CT molecular complexity index is 24.0. The molecule has 0 saturated carbocycles. The van der Waals surface area contributed by atoms with Crippen LogP contribution in [-0.2, 0) is 94.7 Å². The Hall–Kier alpha value is 6.70. The molecule has 0 saturated heterocycles. The molecule has 0 fully saturated rings. The van der Waals surface area contributed by atoms with Crippen LogP contribution >= 0.6 is 0 Å². The summed E-state index contributed by atoms with van der Waals surface area (Å²) >= 11 is 0. The largest absolute Gasteiger partial charge is 0 e. The van der Waals surface area contributed by atoms with Gasteiger partial charge in [0, 0.05) is 206 Å². The topological polar surface area (TPSA) is 0 Å². The summed E-state index contributed by atoms with van der Waals surface area (Å²) in [5, 5.41) is 0. The predicted molar refractivity (Wildman–Crippen MR) is 23.0 cm³/mol. The van der Waals surface area contributed by atoms with Crippen molar-refractivity contribution in [2.45, 2.75) is 0 Å². The fraction of sp³-hybridized carbons (Fsp3) is 0. The minimum atomic E-state index is 0. The van der Waals surface area contributed by atoms with E-state index in [0.717, 1.165) is 0 Å². The molecular formula is AgAsBaCdCrHgPbSe. The molecule has 0 N–H and O–H groups in total. The molecule has 0 aliphatic carbocycles. The first-order valence-corrected chi connectivity index (χ1v) is 0. The quantitative estimate of drug-likeness (QED) is 0.259. The van der Waals surface area contributed by atoms with Gasteiger partial charge in [-0.25, -0.2) is 0 Å². The molecule has 8 heavy (non-hydrogen) atoms. The standard InChI is InChI=1S/Ag.As.Ba.Cd.Cr.Hg.Pb.Se. The molecule has 0 atom stereocenters. The van der Waals surface area contributed by atoms with E-state index in [-0.39, 0.29) is 206 Å². The summed E-state index contributed by atoms with van der Waals surface area (Å²) in [6.07, 6.45) is 0. The summed E-state index contributed by atoms with van der Waals surface area (Å²) in [6.45, 7) is 0. The van der Waals surface area contributed by atoms with E-state index in [0.29, 0.717) is 0 Å². The van der Waals surface area contributed by atoms with Crippen LogP contribution in [0.4, 0.5) is 0 Å². The van der Waals surface area contributed by atoms with Gasteiger partial charge in [0.05, 0.1) is 0 Å². The Kier molecular flexibility index (Phi) is 378. The minimum absolute atomic E-state index is 0. The van der Waals surface area contributed by atoms with Crippen molar-refractivity contribution in [3.05, 3.63) is 0 Å². The fourth-order valence-corrected chi connectivity index (χ4v) is 0. The molecule has 0 unspecified atom stereocenters. The Morgan fingerprint density at radius 2 is 1.00 bits per heavy atom. The van der Waals surface area contributed by atoms with Crippen LogP contribution in [0.25, 0.3) is 0 Å². The predicted octanol–water partition coefficient (Wildman–Crippen LogP) is -1.53. The van der Waals surface area contributed by atoms with Crippen molar-refractivity contribution in [2.75, 3.05) is 0 Å². The monoisotopic (exact) mass is 975 g/mol. The van der Waals surface area contributed by atoms with Crippen LogP contribution in [0.3, 0.4) is 0 Å². The number of hydrogen-bond acceptors (Lipinski definition) is 0. The molecule has 0 aliphatic heterocycles. The third kappa shape index (κ3) is 38.7. The van der Waals surface area contributed by atoms with E-state index in [1.54, 1.807) is 0 Å². The Balaban J connectivity index is 0. The van der Waals surface area contributed by atoms with E-state index in [4.69, 9.17) is 0 Å². The van der Waals surface area contributed by atoms with Crippen LogP contribution in [0.1, 0.15) is 0 Å². The smallest absolute Gasteiger partial charge is 0 e. The number of hydrogen-bond donors (Lipinski definition) is 0. The zero-order valence-corrected chi connectivity index (χ0v) is 28.4. The fourth-order valence-electron chi connectivity index (χ4n) is 0. The van der Waals surface area contributed by atoms with Crippen molar-refractivity contribution in [2.24, 2.45) is 0 Å². The van der Waals surface area contributed by atoms with Crippen LogP contribution in [0, 0.1) is 0 Å². The van der Waals surface area contributed by atoms with Gasteiger partial charge in [0.25, 0.3) is 0 Å². The average molecular weight is 971 g/mol. The van der Waals surface area contributed by atoms with E-state index in [2.05, 4.69) is 0 Å². The summed E-state index contributed by atoms with van der Waals surface area (Å²) in [6, 6.07) is 0. The van der Waals surface area contributed by atoms with Crippen LogP contribution < -0.4 is 0 Å². The van der Waals surface area contributed by atoms with Crippen molar-refractivity contribution in [1.29, 1.82) is 0 Å². The molecule has 0 heterocycles. The van der Waals surface area contributed by atoms with Gasteiger partial charge < -0.3 is 0 Å². The zero-order valence-electron chi connectivity index (χ0n) is 4.19. The number of rotatable bonds is 0. The minimum Gasteiger partial charge on any atom is 0 e. The summed E-state index contributed by atoms with van der Waals surface area (Å²) in [7, 11) is 0. The van der Waals surface area contributed by atoms with Gasteiger partial charge in [-0.15, -0.1) is 0 Å². The maximum atomic E-state index is 0. The van der Waals surface area contributed by atoms with Gasteiger partial charge >= 0.3 is 0 Å². The third-order valence-corrected chi connectivity index (χ3v) is 0. The molecule has 0 aliphatic rings. The maximum Gasteiger partial charge on any atom is 0 e. The van der Waals surface area contributed by atoms with Crippen molar-refractivity contribution < 1.29 is 94.7 Å². The van der Waals surface area contributed by atoms with E-state index in [1.165, 1.54) is 0 Å². The maximum absolute atomic E-state index is 0. The molecule has 8 heteroatoms. The van der Waals surface area contributed by atoms with E-state index < -0.39 is 0 Å². The molecule has 0 spiro atoms. The molecule has 0 aromatic rings. The van der Waals surface area contributed by atoms with E-state index in [9.17, 15) is 0 Å². The summed E-state index contributed by atoms with van der Waals surface area (Å²) in [5.74, 6) is 0. The Morgan fingerprint density at radius 3 is 1.00 bits per heavy atom. The van der Waals surface area contributed by atoms with Crippen LogP contribution in [0.5, 0.6) is 0 Å². The first kappa shape index (κ1) is 61.5. The van der Waals surface area contributed by atoms with E-state index >= 15 is 0 Å². The van der Waals surface area contributed by atoms with Gasteiger partial charge in [0.2, 0.25) is 0 Å². The van der Waals surface area contributed by atoms with Gasteiger partial charge in [0.15, 0.2) is 0 Å². The SMILES string of the molecule is [Ag].[As].[Ba].[Cd].[Cr].[Hg].[Pb].[Se]. The Labute approximate surface area is 200 Å². The molecule has 0 aromatic carbocycles. The second-order valence-corrected chi connectivity index (χ2v) is 0. The summed E-state index contributed by atoms with van der Waals surface area (Å²) in [4.78, 5) is 0. The van der Waals surface area contributed by atoms with E-state index in [1.807, 2.05) is 0 Å². The second kappa shape index (κ2) is 49.2. The Morgan fingerprint density at radius 1 is 1.00 bits per heavy atom. The van der Waals surface area contributed by atoms with Gasteiger partial charge in [0.1, 0.15) is 0 Å². The summed E-state index contributed by atoms with van der Waals surface area (Å²) < 4.78 is 0. The molecule has 38 valence electrons. The van der Waals surface area contributed by atoms with Crippen LogP contribution in [0.15, 0.2) is 0 Å². The van der Waals surface area contributed by atoms with Crippen molar-refractivity contribution in [3.8, 4) is 0 Å². The normalized spacial score (nSPS) is 0. The molecule has 0 rings (SSSR count). The molecular weight excluding hydrogens is 971 g/mol. The molecule has 12 radical (unpaired) electrons. The average Bonchev–Trinajstić information content (AvgIpc) is 0. The molecule has 0 aromatic heterocycles. The molecule has 0 amide bonds. The van der Waals surface area contributed by atoms with Crippen molar-refractivity contribution >= 4 is 111 Å². The van der Waals surface area contributed by atoms with Gasteiger partial charge in [-0.1, -0.05) is 0 Å². The van der Waals surface area contributed by atoms with Crippen LogP contribution in [-0.4, -0.2) is 111 Å². The van der Waals surface area contributed by atoms with Gasteiger partial charge in [-0.2, -0.15) is 0 Å². The first-order chi connectivity index (χ1) is 0. The van der Waals surface area contributed by atoms with Crippen molar-refractivity contribution in [3.63, 3.8) is 0 Å². The van der Waals surface area contributed by atoms with Gasteiger partial charge in [-0.05, 0) is 0 Å². The molecule has 0 bridgehead atoms. The molecule has 0 nitrogen and oxygen atoms in total. The first-order valence-electron chi connectivity index (χ1n) is 0. The van der Waals surface area contributed by atoms with Crippen molar-refractivity contribution in [1.82, 2.24) is 0 Å². The van der Waals surface area contributed by atoms with Gasteiger partial charge in [-0.3, -0.25) is 0 Å². The zero-order chi connectivity index (χ0) is 0. The van der Waals surface area contributed by atoms with Crippen LogP contribution in [0.2, 0.25) is 0 Å². The second-order valence-electron chi connectivity index (χ2n) is 0. The third-order valence-electron chi connectivity index (χ3n) is 0.